The van der Waals surface area contributed by atoms with Crippen LogP contribution in [0.15, 0.2) is 29.2 Å². The Hall–Kier alpha value is -0.760. The van der Waals surface area contributed by atoms with Crippen molar-refractivity contribution in [1.82, 2.24) is 4.72 Å². The molecule has 0 bridgehead atoms. The first-order valence-electron chi connectivity index (χ1n) is 6.35. The minimum Gasteiger partial charge on any atom is -0.387 e. The summed E-state index contributed by atoms with van der Waals surface area (Å²) in [6.45, 7) is 4.27. The van der Waals surface area contributed by atoms with E-state index >= 15 is 0 Å². The van der Waals surface area contributed by atoms with Crippen LogP contribution in [0.4, 0.5) is 5.69 Å². The summed E-state index contributed by atoms with van der Waals surface area (Å²) >= 11 is 1.58. The summed E-state index contributed by atoms with van der Waals surface area (Å²) in [6.07, 6.45) is 1.94. The van der Waals surface area contributed by atoms with Crippen LogP contribution in [0.2, 0.25) is 0 Å². The number of hydrogen-bond acceptors (Lipinski definition) is 5. The molecule has 5 nitrogen and oxygen atoms in total. The van der Waals surface area contributed by atoms with Gasteiger partial charge in [0, 0.05) is 24.5 Å². The molecule has 114 valence electrons. The van der Waals surface area contributed by atoms with E-state index in [-0.39, 0.29) is 4.90 Å². The molecule has 0 saturated heterocycles. The maximum absolute atomic E-state index is 11.8. The van der Waals surface area contributed by atoms with Crippen molar-refractivity contribution in [3.8, 4) is 0 Å². The lowest BCUT2D eigenvalue weighted by atomic mass is 10.1. The highest BCUT2D eigenvalue weighted by Crippen LogP contribution is 2.16. The number of sulfonamides is 1. The molecular weight excluding hydrogens is 296 g/mol. The molecule has 3 N–H and O–H groups in total. The van der Waals surface area contributed by atoms with Gasteiger partial charge in [0.15, 0.2) is 0 Å². The van der Waals surface area contributed by atoms with E-state index in [2.05, 4.69) is 10.0 Å². The third-order valence-electron chi connectivity index (χ3n) is 2.63. The molecule has 0 heterocycles. The zero-order chi connectivity index (χ0) is 15.2. The highest BCUT2D eigenvalue weighted by atomic mass is 32.2. The molecule has 0 aliphatic carbocycles. The zero-order valence-corrected chi connectivity index (χ0v) is 13.6. The van der Waals surface area contributed by atoms with Crippen LogP contribution >= 0.6 is 11.8 Å². The summed E-state index contributed by atoms with van der Waals surface area (Å²) in [7, 11) is -3.41. The first-order chi connectivity index (χ1) is 9.30. The maximum atomic E-state index is 11.8. The lowest BCUT2D eigenvalue weighted by molar-refractivity contribution is 0.0997. The summed E-state index contributed by atoms with van der Waals surface area (Å²) in [5, 5.41) is 13.1. The molecule has 1 rings (SSSR count). The van der Waals surface area contributed by atoms with Gasteiger partial charge in [0.1, 0.15) is 0 Å². The Morgan fingerprint density at radius 2 is 1.90 bits per heavy atom. The van der Waals surface area contributed by atoms with Gasteiger partial charge in [-0.05, 0) is 37.4 Å². The second kappa shape index (κ2) is 7.31. The van der Waals surface area contributed by atoms with E-state index in [4.69, 9.17) is 0 Å². The van der Waals surface area contributed by atoms with Crippen LogP contribution in [0.1, 0.15) is 13.8 Å². The summed E-state index contributed by atoms with van der Waals surface area (Å²) < 4.78 is 26.0. The molecule has 0 aromatic heterocycles. The third-order valence-corrected chi connectivity index (χ3v) is 5.10. The Bertz CT molecular complexity index is 513. The van der Waals surface area contributed by atoms with Crippen molar-refractivity contribution < 1.29 is 13.5 Å². The molecule has 1 atom stereocenters. The van der Waals surface area contributed by atoms with Gasteiger partial charge in [-0.3, -0.25) is 0 Å². The van der Waals surface area contributed by atoms with Crippen molar-refractivity contribution in [2.24, 2.45) is 0 Å². The fraction of sp³-hybridized carbons (Fsp3) is 0.538. The molecule has 1 aromatic rings. The standard InChI is InChI=1S/C13H22N2O3S2/c1-4-15-20(17,18)12-7-5-11(6-8-12)14-9-13(2,16)10-19-3/h5-8,14-16H,4,9-10H2,1-3H3. The zero-order valence-electron chi connectivity index (χ0n) is 12.0. The number of thioether (sulfide) groups is 1. The van der Waals surface area contributed by atoms with Gasteiger partial charge in [0.2, 0.25) is 10.0 Å². The van der Waals surface area contributed by atoms with Gasteiger partial charge in [-0.1, -0.05) is 6.92 Å². The van der Waals surface area contributed by atoms with E-state index in [0.717, 1.165) is 5.69 Å². The number of rotatable bonds is 8. The van der Waals surface area contributed by atoms with Crippen LogP contribution in [-0.4, -0.2) is 44.2 Å². The molecule has 0 aliphatic heterocycles. The van der Waals surface area contributed by atoms with Crippen LogP contribution < -0.4 is 10.0 Å². The summed E-state index contributed by atoms with van der Waals surface area (Å²) in [5.74, 6) is 0.632. The van der Waals surface area contributed by atoms with E-state index in [1.54, 1.807) is 49.9 Å². The molecule has 0 spiro atoms. The molecule has 0 aliphatic rings. The predicted octanol–water partition coefficient (Wildman–Crippen LogP) is 1.51. The monoisotopic (exact) mass is 318 g/mol. The largest absolute Gasteiger partial charge is 0.387 e. The fourth-order valence-electron chi connectivity index (χ4n) is 1.68. The van der Waals surface area contributed by atoms with Crippen LogP contribution in [-0.2, 0) is 10.0 Å². The van der Waals surface area contributed by atoms with Crippen molar-refractivity contribution in [3.63, 3.8) is 0 Å². The van der Waals surface area contributed by atoms with Gasteiger partial charge in [-0.15, -0.1) is 0 Å². The maximum Gasteiger partial charge on any atom is 0.240 e. The van der Waals surface area contributed by atoms with E-state index < -0.39 is 15.6 Å². The van der Waals surface area contributed by atoms with E-state index in [1.807, 2.05) is 6.26 Å². The van der Waals surface area contributed by atoms with Crippen molar-refractivity contribution >= 4 is 27.5 Å². The molecule has 0 saturated carbocycles. The summed E-state index contributed by atoms with van der Waals surface area (Å²) in [6, 6.07) is 6.48. The lowest BCUT2D eigenvalue weighted by Crippen LogP contribution is -2.36. The van der Waals surface area contributed by atoms with Gasteiger partial charge >= 0.3 is 0 Å². The molecule has 7 heteroatoms. The molecular formula is C13H22N2O3S2. The minimum atomic E-state index is -3.41. The SMILES string of the molecule is CCNS(=O)(=O)c1ccc(NCC(C)(O)CSC)cc1. The number of benzene rings is 1. The number of hydrogen-bond donors (Lipinski definition) is 3. The second-order valence-electron chi connectivity index (χ2n) is 4.81. The normalized spacial score (nSPS) is 14.8. The molecule has 1 aromatic carbocycles. The molecule has 0 amide bonds. The number of aliphatic hydroxyl groups is 1. The van der Waals surface area contributed by atoms with Crippen LogP contribution in [0.25, 0.3) is 0 Å². The average Bonchev–Trinajstić information content (AvgIpc) is 2.37. The van der Waals surface area contributed by atoms with Gasteiger partial charge in [-0.25, -0.2) is 13.1 Å². The highest BCUT2D eigenvalue weighted by Gasteiger charge is 2.19. The quantitative estimate of drug-likeness (QED) is 0.677. The molecule has 20 heavy (non-hydrogen) atoms. The Balaban J connectivity index is 2.68. The van der Waals surface area contributed by atoms with Crippen molar-refractivity contribution in [2.45, 2.75) is 24.3 Å². The van der Waals surface area contributed by atoms with Gasteiger partial charge in [0.25, 0.3) is 0 Å². The molecule has 0 radical (unpaired) electrons. The first-order valence-corrected chi connectivity index (χ1v) is 9.23. The molecule has 1 unspecified atom stereocenters. The Morgan fingerprint density at radius 1 is 1.30 bits per heavy atom. The molecule has 0 fully saturated rings. The second-order valence-corrected chi connectivity index (χ2v) is 7.44. The van der Waals surface area contributed by atoms with E-state index in [0.29, 0.717) is 18.8 Å². The van der Waals surface area contributed by atoms with Gasteiger partial charge in [-0.2, -0.15) is 11.8 Å². The van der Waals surface area contributed by atoms with Crippen LogP contribution in [0.3, 0.4) is 0 Å². The topological polar surface area (TPSA) is 78.4 Å². The fourth-order valence-corrected chi connectivity index (χ4v) is 3.44. The average molecular weight is 318 g/mol. The van der Waals surface area contributed by atoms with Gasteiger partial charge in [0.05, 0.1) is 10.5 Å². The summed E-state index contributed by atoms with van der Waals surface area (Å²) in [4.78, 5) is 0.237. The Kier molecular flexibility index (Phi) is 6.32. The predicted molar refractivity (Wildman–Crippen MR) is 84.8 cm³/mol. The Morgan fingerprint density at radius 3 is 2.40 bits per heavy atom. The lowest BCUT2D eigenvalue weighted by Gasteiger charge is -2.23. The van der Waals surface area contributed by atoms with Crippen molar-refractivity contribution in [3.05, 3.63) is 24.3 Å². The van der Waals surface area contributed by atoms with E-state index in [1.165, 1.54) is 0 Å². The van der Waals surface area contributed by atoms with Crippen LogP contribution in [0.5, 0.6) is 0 Å². The third kappa shape index (κ3) is 5.32. The van der Waals surface area contributed by atoms with Crippen molar-refractivity contribution in [2.75, 3.05) is 30.4 Å². The number of nitrogens with one attached hydrogen (secondary N) is 2. The van der Waals surface area contributed by atoms with Crippen LogP contribution in [0, 0.1) is 0 Å². The van der Waals surface area contributed by atoms with E-state index in [9.17, 15) is 13.5 Å². The Labute approximate surface area is 125 Å². The van der Waals surface area contributed by atoms with Gasteiger partial charge < -0.3 is 10.4 Å². The highest BCUT2D eigenvalue weighted by molar-refractivity contribution is 7.98. The minimum absolute atomic E-state index is 0.237. The summed E-state index contributed by atoms with van der Waals surface area (Å²) in [5.41, 5.74) is -0.0182. The number of anilines is 1. The smallest absolute Gasteiger partial charge is 0.240 e. The first kappa shape index (κ1) is 17.3. The van der Waals surface area contributed by atoms with Crippen molar-refractivity contribution in [1.29, 1.82) is 0 Å².